The molecule has 1 heterocycles. The normalized spacial score (nSPS) is 26.0. The predicted octanol–water partition coefficient (Wildman–Crippen LogP) is 3.08. The van der Waals surface area contributed by atoms with Crippen LogP contribution in [-0.4, -0.2) is 25.8 Å². The molecular weight excluding hydrogens is 192 g/mol. The van der Waals surface area contributed by atoms with E-state index in [4.69, 9.17) is 14.2 Å². The van der Waals surface area contributed by atoms with Crippen LogP contribution in [0.1, 0.15) is 52.4 Å². The molecular formula is C12H24O3. The number of unbranched alkanes of at least 4 members (excludes halogenated alkanes) is 2. The summed E-state index contributed by atoms with van der Waals surface area (Å²) in [5.74, 6) is 0. The van der Waals surface area contributed by atoms with Crippen molar-refractivity contribution in [3.63, 3.8) is 0 Å². The van der Waals surface area contributed by atoms with Crippen LogP contribution in [0.4, 0.5) is 0 Å². The highest BCUT2D eigenvalue weighted by molar-refractivity contribution is 4.60. The summed E-state index contributed by atoms with van der Waals surface area (Å²) in [5.41, 5.74) is 0. The molecule has 1 rings (SSSR count). The summed E-state index contributed by atoms with van der Waals surface area (Å²) < 4.78 is 16.8. The van der Waals surface area contributed by atoms with Gasteiger partial charge >= 0.3 is 0 Å². The predicted molar refractivity (Wildman–Crippen MR) is 59.6 cm³/mol. The molecule has 3 nitrogen and oxygen atoms in total. The minimum absolute atomic E-state index is 0.0248. The van der Waals surface area contributed by atoms with Crippen LogP contribution in [0.25, 0.3) is 0 Å². The molecule has 0 aromatic carbocycles. The van der Waals surface area contributed by atoms with Crippen molar-refractivity contribution in [2.45, 2.75) is 65.0 Å². The molecule has 0 N–H and O–H groups in total. The third-order valence-electron chi connectivity index (χ3n) is 2.54. The van der Waals surface area contributed by atoms with Crippen molar-refractivity contribution in [1.29, 1.82) is 0 Å². The van der Waals surface area contributed by atoms with E-state index in [1.165, 1.54) is 12.8 Å². The van der Waals surface area contributed by atoms with E-state index >= 15 is 0 Å². The van der Waals surface area contributed by atoms with E-state index in [2.05, 4.69) is 13.8 Å². The highest BCUT2D eigenvalue weighted by Gasteiger charge is 2.25. The Balaban J connectivity index is 1.99. The zero-order valence-electron chi connectivity index (χ0n) is 10.0. The van der Waals surface area contributed by atoms with Gasteiger partial charge in [-0.1, -0.05) is 26.7 Å². The topological polar surface area (TPSA) is 27.7 Å². The molecule has 2 atom stereocenters. The van der Waals surface area contributed by atoms with Gasteiger partial charge in [-0.15, -0.1) is 0 Å². The lowest BCUT2D eigenvalue weighted by Gasteiger charge is -2.14. The SMILES string of the molecule is CCCCOC1CCC(OCCCC)O1. The fraction of sp³-hybridized carbons (Fsp3) is 1.00. The molecule has 0 spiro atoms. The third-order valence-corrected chi connectivity index (χ3v) is 2.54. The van der Waals surface area contributed by atoms with Gasteiger partial charge in [-0.05, 0) is 12.8 Å². The van der Waals surface area contributed by atoms with E-state index < -0.39 is 0 Å². The van der Waals surface area contributed by atoms with Crippen LogP contribution in [0.15, 0.2) is 0 Å². The Hall–Kier alpha value is -0.120. The maximum absolute atomic E-state index is 5.61. The van der Waals surface area contributed by atoms with Gasteiger partial charge in [0.15, 0.2) is 12.6 Å². The highest BCUT2D eigenvalue weighted by Crippen LogP contribution is 2.21. The first-order chi connectivity index (χ1) is 7.36. The zero-order chi connectivity index (χ0) is 10.9. The van der Waals surface area contributed by atoms with Crippen LogP contribution < -0.4 is 0 Å². The van der Waals surface area contributed by atoms with Gasteiger partial charge in [0.25, 0.3) is 0 Å². The largest absolute Gasteiger partial charge is 0.353 e. The van der Waals surface area contributed by atoms with E-state index in [1.54, 1.807) is 0 Å². The van der Waals surface area contributed by atoms with Crippen molar-refractivity contribution in [1.82, 2.24) is 0 Å². The fourth-order valence-electron chi connectivity index (χ4n) is 1.54. The summed E-state index contributed by atoms with van der Waals surface area (Å²) in [5, 5.41) is 0. The van der Waals surface area contributed by atoms with Crippen LogP contribution in [0.5, 0.6) is 0 Å². The second-order valence-electron chi connectivity index (χ2n) is 4.02. The van der Waals surface area contributed by atoms with Crippen molar-refractivity contribution in [2.75, 3.05) is 13.2 Å². The summed E-state index contributed by atoms with van der Waals surface area (Å²) in [6, 6.07) is 0. The Labute approximate surface area is 93.1 Å². The smallest absolute Gasteiger partial charge is 0.160 e. The minimum Gasteiger partial charge on any atom is -0.353 e. The minimum atomic E-state index is -0.0248. The van der Waals surface area contributed by atoms with Crippen molar-refractivity contribution in [3.05, 3.63) is 0 Å². The molecule has 0 amide bonds. The standard InChI is InChI=1S/C12H24O3/c1-3-5-9-13-11-7-8-12(15-11)14-10-6-4-2/h11-12H,3-10H2,1-2H3. The van der Waals surface area contributed by atoms with Gasteiger partial charge in [0.2, 0.25) is 0 Å². The first-order valence-electron chi connectivity index (χ1n) is 6.25. The molecule has 1 aliphatic rings. The molecule has 0 bridgehead atoms. The van der Waals surface area contributed by atoms with Gasteiger partial charge < -0.3 is 14.2 Å². The molecule has 0 saturated carbocycles. The maximum Gasteiger partial charge on any atom is 0.160 e. The van der Waals surface area contributed by atoms with Crippen LogP contribution >= 0.6 is 0 Å². The van der Waals surface area contributed by atoms with Gasteiger partial charge in [0, 0.05) is 26.1 Å². The lowest BCUT2D eigenvalue weighted by molar-refractivity contribution is -0.205. The van der Waals surface area contributed by atoms with Crippen LogP contribution in [-0.2, 0) is 14.2 Å². The van der Waals surface area contributed by atoms with E-state index in [-0.39, 0.29) is 12.6 Å². The number of ether oxygens (including phenoxy) is 3. The number of hydrogen-bond acceptors (Lipinski definition) is 3. The van der Waals surface area contributed by atoms with Crippen molar-refractivity contribution in [2.24, 2.45) is 0 Å². The van der Waals surface area contributed by atoms with Crippen LogP contribution in [0, 0.1) is 0 Å². The Kier molecular flexibility index (Phi) is 6.98. The molecule has 0 aliphatic carbocycles. The Bertz CT molecular complexity index is 134. The fourth-order valence-corrected chi connectivity index (χ4v) is 1.54. The second-order valence-corrected chi connectivity index (χ2v) is 4.02. The van der Waals surface area contributed by atoms with Gasteiger partial charge in [-0.25, -0.2) is 0 Å². The monoisotopic (exact) mass is 216 g/mol. The Morgan fingerprint density at radius 3 is 1.80 bits per heavy atom. The zero-order valence-corrected chi connectivity index (χ0v) is 10.0. The maximum atomic E-state index is 5.61. The molecule has 90 valence electrons. The van der Waals surface area contributed by atoms with Gasteiger partial charge in [-0.2, -0.15) is 0 Å². The lowest BCUT2D eigenvalue weighted by atomic mass is 10.3. The molecule has 1 saturated heterocycles. The average molecular weight is 216 g/mol. The summed E-state index contributed by atoms with van der Waals surface area (Å²) in [6.07, 6.45) is 6.46. The van der Waals surface area contributed by atoms with E-state index in [0.717, 1.165) is 38.9 Å². The molecule has 0 aromatic rings. The summed E-state index contributed by atoms with van der Waals surface area (Å²) in [4.78, 5) is 0. The van der Waals surface area contributed by atoms with Crippen molar-refractivity contribution in [3.8, 4) is 0 Å². The first-order valence-corrected chi connectivity index (χ1v) is 6.25. The van der Waals surface area contributed by atoms with E-state index in [9.17, 15) is 0 Å². The van der Waals surface area contributed by atoms with Crippen molar-refractivity contribution >= 4 is 0 Å². The van der Waals surface area contributed by atoms with Crippen LogP contribution in [0.3, 0.4) is 0 Å². The van der Waals surface area contributed by atoms with Gasteiger partial charge in [0.1, 0.15) is 0 Å². The quantitative estimate of drug-likeness (QED) is 0.584. The van der Waals surface area contributed by atoms with Crippen molar-refractivity contribution < 1.29 is 14.2 Å². The molecule has 2 unspecified atom stereocenters. The lowest BCUT2D eigenvalue weighted by Crippen LogP contribution is -2.17. The first kappa shape index (κ1) is 12.9. The van der Waals surface area contributed by atoms with Gasteiger partial charge in [-0.3, -0.25) is 0 Å². The average Bonchev–Trinajstić information content (AvgIpc) is 2.67. The third kappa shape index (κ3) is 5.50. The Morgan fingerprint density at radius 1 is 0.933 bits per heavy atom. The second kappa shape index (κ2) is 8.08. The molecule has 3 heteroatoms. The van der Waals surface area contributed by atoms with E-state index in [0.29, 0.717) is 0 Å². The van der Waals surface area contributed by atoms with E-state index in [1.807, 2.05) is 0 Å². The summed E-state index contributed by atoms with van der Waals surface area (Å²) >= 11 is 0. The molecule has 0 radical (unpaired) electrons. The molecule has 15 heavy (non-hydrogen) atoms. The molecule has 1 aliphatic heterocycles. The highest BCUT2D eigenvalue weighted by atomic mass is 16.8. The van der Waals surface area contributed by atoms with Crippen LogP contribution in [0.2, 0.25) is 0 Å². The summed E-state index contributed by atoms with van der Waals surface area (Å²) in [6.45, 7) is 5.94. The Morgan fingerprint density at radius 2 is 1.40 bits per heavy atom. The molecule has 0 aromatic heterocycles. The number of hydrogen-bond donors (Lipinski definition) is 0. The van der Waals surface area contributed by atoms with Gasteiger partial charge in [0.05, 0.1) is 0 Å². The number of rotatable bonds is 8. The summed E-state index contributed by atoms with van der Waals surface area (Å²) in [7, 11) is 0. The molecule has 1 fully saturated rings.